The molecule has 1 atom stereocenters. The first-order valence-electron chi connectivity index (χ1n) is 8.24. The van der Waals surface area contributed by atoms with Gasteiger partial charge in [-0.05, 0) is 37.7 Å². The van der Waals surface area contributed by atoms with Crippen LogP contribution in [0.3, 0.4) is 0 Å². The molecule has 1 unspecified atom stereocenters. The van der Waals surface area contributed by atoms with Gasteiger partial charge in [-0.25, -0.2) is 9.67 Å². The predicted molar refractivity (Wildman–Crippen MR) is 102 cm³/mol. The molecule has 0 saturated heterocycles. The normalized spacial score (nSPS) is 12.2. The summed E-state index contributed by atoms with van der Waals surface area (Å²) >= 11 is 6.09. The van der Waals surface area contributed by atoms with Crippen LogP contribution in [0.5, 0.6) is 0 Å². The lowest BCUT2D eigenvalue weighted by molar-refractivity contribution is -0.117. The van der Waals surface area contributed by atoms with Crippen LogP contribution in [0.15, 0.2) is 61.2 Å². The maximum absolute atomic E-state index is 12.6. The summed E-state index contributed by atoms with van der Waals surface area (Å²) in [5.74, 6) is -0.126. The van der Waals surface area contributed by atoms with Gasteiger partial charge in [0.05, 0.1) is 17.9 Å². The van der Waals surface area contributed by atoms with Crippen molar-refractivity contribution in [3.8, 4) is 5.69 Å². The van der Waals surface area contributed by atoms with Crippen molar-refractivity contribution in [2.75, 3.05) is 18.9 Å². The number of nitrogens with one attached hydrogen (secondary N) is 1. The Morgan fingerprint density at radius 3 is 2.73 bits per heavy atom. The van der Waals surface area contributed by atoms with Gasteiger partial charge in [0, 0.05) is 11.1 Å². The summed E-state index contributed by atoms with van der Waals surface area (Å²) in [4.78, 5) is 18.5. The molecular weight excluding hydrogens is 350 g/mol. The lowest BCUT2D eigenvalue weighted by atomic mass is 10.1. The molecule has 1 amide bonds. The summed E-state index contributed by atoms with van der Waals surface area (Å²) in [6.07, 6.45) is 3.01. The fraction of sp³-hybridized carbons (Fsp3) is 0.211. The van der Waals surface area contributed by atoms with Crippen molar-refractivity contribution in [3.63, 3.8) is 0 Å². The monoisotopic (exact) mass is 369 g/mol. The third-order valence-corrected chi connectivity index (χ3v) is 4.47. The van der Waals surface area contributed by atoms with Crippen LogP contribution >= 0.6 is 11.6 Å². The molecule has 0 bridgehead atoms. The highest BCUT2D eigenvalue weighted by molar-refractivity contribution is 6.31. The van der Waals surface area contributed by atoms with Crippen molar-refractivity contribution in [1.82, 2.24) is 19.7 Å². The first-order valence-corrected chi connectivity index (χ1v) is 8.62. The average molecular weight is 370 g/mol. The van der Waals surface area contributed by atoms with Gasteiger partial charge in [0.25, 0.3) is 0 Å². The van der Waals surface area contributed by atoms with Crippen LogP contribution in [0.25, 0.3) is 5.69 Å². The highest BCUT2D eigenvalue weighted by Gasteiger charge is 2.16. The molecule has 2 aromatic carbocycles. The molecular formula is C19H20ClN5O. The van der Waals surface area contributed by atoms with E-state index in [1.165, 1.54) is 6.33 Å². The van der Waals surface area contributed by atoms with Crippen LogP contribution in [0.2, 0.25) is 5.02 Å². The summed E-state index contributed by atoms with van der Waals surface area (Å²) in [5, 5.41) is 7.57. The lowest BCUT2D eigenvalue weighted by Gasteiger charge is -2.24. The molecule has 0 aliphatic heterocycles. The molecule has 6 nitrogen and oxygen atoms in total. The number of nitrogens with zero attached hydrogens (tertiary/aromatic N) is 4. The van der Waals surface area contributed by atoms with Gasteiger partial charge in [0.15, 0.2) is 0 Å². The maximum Gasteiger partial charge on any atom is 0.238 e. The Labute approximate surface area is 157 Å². The average Bonchev–Trinajstić information content (AvgIpc) is 3.16. The number of anilines is 1. The predicted octanol–water partition coefficient (Wildman–Crippen LogP) is 3.55. The molecule has 0 radical (unpaired) electrons. The molecule has 0 aliphatic carbocycles. The van der Waals surface area contributed by atoms with Crippen LogP contribution in [-0.4, -0.2) is 39.2 Å². The third-order valence-electron chi connectivity index (χ3n) is 4.23. The van der Waals surface area contributed by atoms with E-state index >= 15 is 0 Å². The quantitative estimate of drug-likeness (QED) is 0.721. The van der Waals surface area contributed by atoms with Crippen LogP contribution in [0.1, 0.15) is 18.5 Å². The van der Waals surface area contributed by atoms with Crippen molar-refractivity contribution < 1.29 is 4.79 Å². The molecule has 0 spiro atoms. The molecule has 3 rings (SSSR count). The molecule has 1 N–H and O–H groups in total. The molecule has 3 aromatic rings. The fourth-order valence-corrected chi connectivity index (χ4v) is 2.85. The van der Waals surface area contributed by atoms with Crippen LogP contribution in [0, 0.1) is 0 Å². The number of likely N-dealkylation sites (N-methyl/N-ethyl adjacent to an activating group) is 1. The van der Waals surface area contributed by atoms with E-state index in [1.807, 2.05) is 30.1 Å². The first-order chi connectivity index (χ1) is 12.5. The third kappa shape index (κ3) is 4.28. The lowest BCUT2D eigenvalue weighted by Crippen LogP contribution is -2.32. The zero-order chi connectivity index (χ0) is 18.5. The summed E-state index contributed by atoms with van der Waals surface area (Å²) in [5.41, 5.74) is 2.46. The summed E-state index contributed by atoms with van der Waals surface area (Å²) in [6, 6.07) is 15.5. The van der Waals surface area contributed by atoms with E-state index in [4.69, 9.17) is 11.6 Å². The van der Waals surface area contributed by atoms with Crippen molar-refractivity contribution in [3.05, 3.63) is 71.8 Å². The molecule has 7 heteroatoms. The Morgan fingerprint density at radius 1 is 1.27 bits per heavy atom. The molecule has 0 fully saturated rings. The number of hydrogen-bond acceptors (Lipinski definition) is 4. The zero-order valence-electron chi connectivity index (χ0n) is 14.6. The number of rotatable bonds is 6. The number of hydrogen-bond donors (Lipinski definition) is 1. The van der Waals surface area contributed by atoms with Gasteiger partial charge in [0.1, 0.15) is 12.7 Å². The Hall–Kier alpha value is -2.70. The summed E-state index contributed by atoms with van der Waals surface area (Å²) in [6.45, 7) is 2.32. The minimum atomic E-state index is -0.126. The standard InChI is InChI=1S/C19H20ClN5O/c1-14(15-6-4-3-5-7-15)24(2)11-19(26)23-17-10-16(20)8-9-18(17)25-13-21-12-22-25/h3-10,12-14H,11H2,1-2H3,(H,23,26). The van der Waals surface area contributed by atoms with E-state index in [0.29, 0.717) is 16.4 Å². The number of aromatic nitrogens is 3. The van der Waals surface area contributed by atoms with Gasteiger partial charge in [-0.1, -0.05) is 41.9 Å². The highest BCUT2D eigenvalue weighted by atomic mass is 35.5. The second-order valence-electron chi connectivity index (χ2n) is 6.05. The van der Waals surface area contributed by atoms with Crippen molar-refractivity contribution in [2.45, 2.75) is 13.0 Å². The van der Waals surface area contributed by atoms with Crippen LogP contribution in [0.4, 0.5) is 5.69 Å². The molecule has 1 aromatic heterocycles. The van der Waals surface area contributed by atoms with E-state index in [0.717, 1.165) is 5.56 Å². The zero-order valence-corrected chi connectivity index (χ0v) is 15.4. The van der Waals surface area contributed by atoms with Gasteiger partial charge in [0.2, 0.25) is 5.91 Å². The molecule has 26 heavy (non-hydrogen) atoms. The Balaban J connectivity index is 1.71. The molecule has 134 valence electrons. The highest BCUT2D eigenvalue weighted by Crippen LogP contribution is 2.24. The second-order valence-corrected chi connectivity index (χ2v) is 6.49. The minimum Gasteiger partial charge on any atom is -0.323 e. The number of halogens is 1. The van der Waals surface area contributed by atoms with Gasteiger partial charge in [-0.15, -0.1) is 0 Å². The fourth-order valence-electron chi connectivity index (χ4n) is 2.68. The van der Waals surface area contributed by atoms with E-state index < -0.39 is 0 Å². The number of benzene rings is 2. The Bertz CT molecular complexity index is 867. The summed E-state index contributed by atoms with van der Waals surface area (Å²) < 4.78 is 1.59. The molecule has 1 heterocycles. The number of amides is 1. The van der Waals surface area contributed by atoms with E-state index in [9.17, 15) is 4.79 Å². The largest absolute Gasteiger partial charge is 0.323 e. The minimum absolute atomic E-state index is 0.121. The van der Waals surface area contributed by atoms with E-state index in [-0.39, 0.29) is 18.5 Å². The van der Waals surface area contributed by atoms with Crippen molar-refractivity contribution in [1.29, 1.82) is 0 Å². The summed E-state index contributed by atoms with van der Waals surface area (Å²) in [7, 11) is 1.92. The molecule has 0 aliphatic rings. The second kappa shape index (κ2) is 8.12. The van der Waals surface area contributed by atoms with Gasteiger partial charge in [-0.2, -0.15) is 5.10 Å². The maximum atomic E-state index is 12.6. The van der Waals surface area contributed by atoms with Crippen molar-refractivity contribution in [2.24, 2.45) is 0 Å². The number of carbonyl (C=O) groups excluding carboxylic acids is 1. The molecule has 0 saturated carbocycles. The van der Waals surface area contributed by atoms with Crippen molar-refractivity contribution >= 4 is 23.2 Å². The Kier molecular flexibility index (Phi) is 5.65. The SMILES string of the molecule is CC(c1ccccc1)N(C)CC(=O)Nc1cc(Cl)ccc1-n1cncn1. The number of carbonyl (C=O) groups is 1. The first kappa shape index (κ1) is 18.1. The van der Waals surface area contributed by atoms with E-state index in [2.05, 4.69) is 34.5 Å². The Morgan fingerprint density at radius 2 is 2.04 bits per heavy atom. The van der Waals surface area contributed by atoms with Gasteiger partial charge >= 0.3 is 0 Å². The smallest absolute Gasteiger partial charge is 0.238 e. The topological polar surface area (TPSA) is 63.1 Å². The van der Waals surface area contributed by atoms with Crippen LogP contribution < -0.4 is 5.32 Å². The van der Waals surface area contributed by atoms with Gasteiger partial charge in [-0.3, -0.25) is 9.69 Å². The van der Waals surface area contributed by atoms with Gasteiger partial charge < -0.3 is 5.32 Å². The van der Waals surface area contributed by atoms with Crippen LogP contribution in [-0.2, 0) is 4.79 Å². The van der Waals surface area contributed by atoms with E-state index in [1.54, 1.807) is 29.2 Å².